The van der Waals surface area contributed by atoms with E-state index in [1.807, 2.05) is 13.8 Å². The quantitative estimate of drug-likeness (QED) is 0.500. The molecular formula is C7H13NO2. The zero-order valence-electron chi connectivity index (χ0n) is 6.39. The Morgan fingerprint density at radius 1 is 1.70 bits per heavy atom. The smallest absolute Gasteiger partial charge is 0.306 e. The summed E-state index contributed by atoms with van der Waals surface area (Å²) in [5.74, 6) is -0.133. The van der Waals surface area contributed by atoms with E-state index in [2.05, 4.69) is 0 Å². The van der Waals surface area contributed by atoms with Crippen LogP contribution >= 0.6 is 0 Å². The van der Waals surface area contributed by atoms with Crippen molar-refractivity contribution in [2.75, 3.05) is 0 Å². The number of cyclic esters (lactones) is 1. The van der Waals surface area contributed by atoms with Crippen LogP contribution in [0.2, 0.25) is 0 Å². The SMILES string of the molecule is CC1(C)OC(=O)CCC1N. The number of carbonyl (C=O) groups is 1. The molecule has 10 heavy (non-hydrogen) atoms. The molecule has 0 aromatic carbocycles. The predicted molar refractivity (Wildman–Crippen MR) is 37.4 cm³/mol. The van der Waals surface area contributed by atoms with Gasteiger partial charge in [0.1, 0.15) is 5.60 Å². The lowest BCUT2D eigenvalue weighted by Crippen LogP contribution is -2.50. The topological polar surface area (TPSA) is 52.3 Å². The minimum absolute atomic E-state index is 0.00907. The van der Waals surface area contributed by atoms with E-state index in [0.29, 0.717) is 6.42 Å². The Labute approximate surface area is 60.5 Å². The van der Waals surface area contributed by atoms with E-state index in [-0.39, 0.29) is 12.0 Å². The molecule has 1 aliphatic heterocycles. The van der Waals surface area contributed by atoms with Gasteiger partial charge in [-0.25, -0.2) is 0 Å². The lowest BCUT2D eigenvalue weighted by molar-refractivity contribution is -0.164. The molecule has 1 fully saturated rings. The number of hydrogen-bond donors (Lipinski definition) is 1. The van der Waals surface area contributed by atoms with E-state index in [0.717, 1.165) is 6.42 Å². The number of ether oxygens (including phenoxy) is 1. The highest BCUT2D eigenvalue weighted by Crippen LogP contribution is 2.23. The molecule has 0 saturated carbocycles. The summed E-state index contributed by atoms with van der Waals surface area (Å²) in [4.78, 5) is 10.7. The molecule has 3 nitrogen and oxygen atoms in total. The van der Waals surface area contributed by atoms with Crippen LogP contribution in [0.4, 0.5) is 0 Å². The first kappa shape index (κ1) is 7.54. The van der Waals surface area contributed by atoms with Gasteiger partial charge in [-0.1, -0.05) is 0 Å². The van der Waals surface area contributed by atoms with E-state index in [4.69, 9.17) is 10.5 Å². The minimum Gasteiger partial charge on any atom is -0.458 e. The van der Waals surface area contributed by atoms with E-state index in [1.165, 1.54) is 0 Å². The van der Waals surface area contributed by atoms with Crippen molar-refractivity contribution in [2.24, 2.45) is 5.73 Å². The van der Waals surface area contributed by atoms with Crippen LogP contribution in [0.25, 0.3) is 0 Å². The first-order chi connectivity index (χ1) is 4.52. The van der Waals surface area contributed by atoms with E-state index in [1.54, 1.807) is 0 Å². The molecule has 2 N–H and O–H groups in total. The van der Waals surface area contributed by atoms with Crippen molar-refractivity contribution >= 4 is 5.97 Å². The van der Waals surface area contributed by atoms with Crippen LogP contribution in [-0.4, -0.2) is 17.6 Å². The fourth-order valence-electron chi connectivity index (χ4n) is 1.04. The summed E-state index contributed by atoms with van der Waals surface area (Å²) in [5.41, 5.74) is 5.23. The largest absolute Gasteiger partial charge is 0.458 e. The first-order valence-corrected chi connectivity index (χ1v) is 3.50. The normalized spacial score (nSPS) is 31.5. The fourth-order valence-corrected chi connectivity index (χ4v) is 1.04. The molecule has 1 unspecified atom stereocenters. The summed E-state index contributed by atoms with van der Waals surface area (Å²) in [6.45, 7) is 3.68. The maximum absolute atomic E-state index is 10.7. The second-order valence-electron chi connectivity index (χ2n) is 3.22. The van der Waals surface area contributed by atoms with Crippen molar-refractivity contribution in [3.05, 3.63) is 0 Å². The molecule has 3 heteroatoms. The maximum Gasteiger partial charge on any atom is 0.306 e. The maximum atomic E-state index is 10.7. The average Bonchev–Trinajstić information content (AvgIpc) is 1.78. The molecule has 0 aliphatic carbocycles. The molecule has 1 saturated heterocycles. The molecule has 0 spiro atoms. The van der Waals surface area contributed by atoms with Gasteiger partial charge in [0.25, 0.3) is 0 Å². The van der Waals surface area contributed by atoms with Crippen molar-refractivity contribution in [2.45, 2.75) is 38.3 Å². The Morgan fingerprint density at radius 3 is 2.70 bits per heavy atom. The number of hydrogen-bond acceptors (Lipinski definition) is 3. The Bertz CT molecular complexity index is 154. The molecule has 0 aromatic rings. The third kappa shape index (κ3) is 1.29. The van der Waals surface area contributed by atoms with Crippen LogP contribution in [-0.2, 0) is 9.53 Å². The zero-order chi connectivity index (χ0) is 7.78. The summed E-state index contributed by atoms with van der Waals surface area (Å²) < 4.78 is 5.02. The van der Waals surface area contributed by atoms with Crippen molar-refractivity contribution in [3.8, 4) is 0 Å². The summed E-state index contributed by atoms with van der Waals surface area (Å²) in [6, 6.07) is -0.00907. The van der Waals surface area contributed by atoms with Crippen molar-refractivity contribution in [1.82, 2.24) is 0 Å². The standard InChI is InChI=1S/C7H13NO2/c1-7(2)5(8)3-4-6(9)10-7/h5H,3-4,8H2,1-2H3. The van der Waals surface area contributed by atoms with Crippen LogP contribution in [0.5, 0.6) is 0 Å². The number of rotatable bonds is 0. The molecule has 1 rings (SSSR count). The van der Waals surface area contributed by atoms with Gasteiger partial charge >= 0.3 is 5.97 Å². The monoisotopic (exact) mass is 143 g/mol. The lowest BCUT2D eigenvalue weighted by atomic mass is 9.92. The highest BCUT2D eigenvalue weighted by Gasteiger charge is 2.34. The highest BCUT2D eigenvalue weighted by atomic mass is 16.6. The van der Waals surface area contributed by atoms with Crippen molar-refractivity contribution < 1.29 is 9.53 Å². The molecule has 0 aromatic heterocycles. The van der Waals surface area contributed by atoms with Crippen molar-refractivity contribution in [3.63, 3.8) is 0 Å². The van der Waals surface area contributed by atoms with E-state index >= 15 is 0 Å². The van der Waals surface area contributed by atoms with Gasteiger partial charge in [0, 0.05) is 12.5 Å². The van der Waals surface area contributed by atoms with Crippen LogP contribution < -0.4 is 5.73 Å². The summed E-state index contributed by atoms with van der Waals surface area (Å²) in [6.07, 6.45) is 1.20. The zero-order valence-corrected chi connectivity index (χ0v) is 6.39. The van der Waals surface area contributed by atoms with Crippen LogP contribution in [0.1, 0.15) is 26.7 Å². The Kier molecular flexibility index (Phi) is 1.68. The van der Waals surface area contributed by atoms with Gasteiger partial charge in [-0.05, 0) is 20.3 Å². The van der Waals surface area contributed by atoms with Gasteiger partial charge in [-0.2, -0.15) is 0 Å². The fraction of sp³-hybridized carbons (Fsp3) is 0.857. The lowest BCUT2D eigenvalue weighted by Gasteiger charge is -2.35. The third-order valence-electron chi connectivity index (χ3n) is 1.93. The van der Waals surface area contributed by atoms with Crippen molar-refractivity contribution in [1.29, 1.82) is 0 Å². The van der Waals surface area contributed by atoms with Gasteiger partial charge in [0.2, 0.25) is 0 Å². The minimum atomic E-state index is -0.463. The van der Waals surface area contributed by atoms with Gasteiger partial charge in [-0.3, -0.25) is 4.79 Å². The average molecular weight is 143 g/mol. The first-order valence-electron chi connectivity index (χ1n) is 3.50. The molecule has 1 aliphatic rings. The Morgan fingerprint density at radius 2 is 2.30 bits per heavy atom. The van der Waals surface area contributed by atoms with Gasteiger partial charge in [0.05, 0.1) is 0 Å². The summed E-state index contributed by atoms with van der Waals surface area (Å²) >= 11 is 0. The van der Waals surface area contributed by atoms with Crippen LogP contribution in [0, 0.1) is 0 Å². The summed E-state index contributed by atoms with van der Waals surface area (Å²) in [7, 11) is 0. The second kappa shape index (κ2) is 2.23. The van der Waals surface area contributed by atoms with Crippen LogP contribution in [0.15, 0.2) is 0 Å². The number of nitrogens with two attached hydrogens (primary N) is 1. The molecule has 58 valence electrons. The van der Waals surface area contributed by atoms with Crippen LogP contribution in [0.3, 0.4) is 0 Å². The Hall–Kier alpha value is -0.570. The van der Waals surface area contributed by atoms with E-state index in [9.17, 15) is 4.79 Å². The van der Waals surface area contributed by atoms with E-state index < -0.39 is 5.60 Å². The molecule has 1 heterocycles. The van der Waals surface area contributed by atoms with Gasteiger partial charge < -0.3 is 10.5 Å². The molecular weight excluding hydrogens is 130 g/mol. The second-order valence-corrected chi connectivity index (χ2v) is 3.22. The predicted octanol–water partition coefficient (Wildman–Crippen LogP) is 0.429. The summed E-state index contributed by atoms with van der Waals surface area (Å²) in [5, 5.41) is 0. The number of carbonyl (C=O) groups excluding carboxylic acids is 1. The molecule has 0 amide bonds. The molecule has 0 radical (unpaired) electrons. The Balaban J connectivity index is 2.63. The van der Waals surface area contributed by atoms with Gasteiger partial charge in [0.15, 0.2) is 0 Å². The third-order valence-corrected chi connectivity index (χ3v) is 1.93. The molecule has 1 atom stereocenters. The van der Waals surface area contributed by atoms with Gasteiger partial charge in [-0.15, -0.1) is 0 Å². The number of esters is 1. The highest BCUT2D eigenvalue weighted by molar-refractivity contribution is 5.70. The molecule has 0 bridgehead atoms.